The highest BCUT2D eigenvalue weighted by Gasteiger charge is 2.45. The normalized spacial score (nSPS) is 24.0. The van der Waals surface area contributed by atoms with E-state index in [9.17, 15) is 5.11 Å². The fourth-order valence-corrected chi connectivity index (χ4v) is 4.58. The lowest BCUT2D eigenvalue weighted by Gasteiger charge is -2.44. The van der Waals surface area contributed by atoms with E-state index in [0.29, 0.717) is 15.6 Å². The van der Waals surface area contributed by atoms with E-state index in [4.69, 9.17) is 27.9 Å². The number of methoxy groups -OCH3 is 1. The lowest BCUT2D eigenvalue weighted by Crippen LogP contribution is -2.44. The van der Waals surface area contributed by atoms with Gasteiger partial charge in [0, 0.05) is 18.0 Å². The summed E-state index contributed by atoms with van der Waals surface area (Å²) in [7, 11) is 5.71. The largest absolute Gasteiger partial charge is 0.497 e. The molecule has 1 aliphatic rings. The van der Waals surface area contributed by atoms with Crippen LogP contribution in [0.4, 0.5) is 0 Å². The molecule has 0 aliphatic heterocycles. The second kappa shape index (κ2) is 8.87. The first-order valence-corrected chi connectivity index (χ1v) is 10.3. The molecule has 0 aromatic heterocycles. The Morgan fingerprint density at radius 3 is 2.54 bits per heavy atom. The van der Waals surface area contributed by atoms with E-state index < -0.39 is 5.60 Å². The molecule has 2 unspecified atom stereocenters. The van der Waals surface area contributed by atoms with Crippen molar-refractivity contribution >= 4 is 29.3 Å². The van der Waals surface area contributed by atoms with E-state index in [2.05, 4.69) is 11.0 Å². The molecule has 28 heavy (non-hydrogen) atoms. The first-order valence-electron chi connectivity index (χ1n) is 9.53. The average molecular weight is 420 g/mol. The first-order chi connectivity index (χ1) is 13.4. The van der Waals surface area contributed by atoms with Crippen LogP contribution in [-0.4, -0.2) is 37.8 Å². The summed E-state index contributed by atoms with van der Waals surface area (Å²) in [6, 6.07) is 13.4. The second-order valence-electron chi connectivity index (χ2n) is 7.66. The number of halogens is 2. The fraction of sp³-hybridized carbons (Fsp3) is 0.391. The van der Waals surface area contributed by atoms with Crippen LogP contribution >= 0.6 is 23.2 Å². The third kappa shape index (κ3) is 4.23. The quantitative estimate of drug-likeness (QED) is 0.680. The zero-order valence-electron chi connectivity index (χ0n) is 16.6. The Balaban J connectivity index is 2.12. The summed E-state index contributed by atoms with van der Waals surface area (Å²) in [5.41, 5.74) is 1.52. The Morgan fingerprint density at radius 1 is 1.18 bits per heavy atom. The second-order valence-corrected chi connectivity index (χ2v) is 8.45. The van der Waals surface area contributed by atoms with Crippen LogP contribution < -0.4 is 4.74 Å². The van der Waals surface area contributed by atoms with Gasteiger partial charge in [0.15, 0.2) is 0 Å². The summed E-state index contributed by atoms with van der Waals surface area (Å²) in [6.45, 7) is 0.763. The maximum atomic E-state index is 12.1. The predicted octanol–water partition coefficient (Wildman–Crippen LogP) is 5.63. The molecule has 1 N–H and O–H groups in total. The van der Waals surface area contributed by atoms with Crippen LogP contribution in [0.3, 0.4) is 0 Å². The van der Waals surface area contributed by atoms with Crippen LogP contribution in [0, 0.1) is 5.92 Å². The van der Waals surface area contributed by atoms with Crippen LogP contribution in [-0.2, 0) is 5.60 Å². The van der Waals surface area contributed by atoms with Crippen molar-refractivity contribution in [1.29, 1.82) is 0 Å². The van der Waals surface area contributed by atoms with Gasteiger partial charge in [-0.2, -0.15) is 0 Å². The molecule has 0 heterocycles. The molecule has 3 rings (SSSR count). The third-order valence-corrected chi connectivity index (χ3v) is 6.30. The Kier molecular flexibility index (Phi) is 6.72. The standard InChI is InChI=1S/C23H27Cl2NO2/c1-26(2)15-18-7-4-6-17(14-16-10-12-19(28-3)13-11-16)23(18,27)20-8-5-9-21(24)22(20)25/h5,8-14,18,27H,4,6-7,15H2,1-3H3. The highest BCUT2D eigenvalue weighted by atomic mass is 35.5. The number of hydrogen-bond donors (Lipinski definition) is 1. The van der Waals surface area contributed by atoms with Gasteiger partial charge in [0.1, 0.15) is 11.4 Å². The molecule has 0 spiro atoms. The molecule has 3 nitrogen and oxygen atoms in total. The van der Waals surface area contributed by atoms with Gasteiger partial charge >= 0.3 is 0 Å². The molecule has 1 fully saturated rings. The zero-order valence-corrected chi connectivity index (χ0v) is 18.1. The van der Waals surface area contributed by atoms with Crippen LogP contribution in [0.15, 0.2) is 48.0 Å². The topological polar surface area (TPSA) is 32.7 Å². The van der Waals surface area contributed by atoms with Gasteiger partial charge in [-0.25, -0.2) is 0 Å². The van der Waals surface area contributed by atoms with Gasteiger partial charge < -0.3 is 14.7 Å². The Morgan fingerprint density at radius 2 is 1.89 bits per heavy atom. The Bertz CT molecular complexity index is 848. The van der Waals surface area contributed by atoms with E-state index >= 15 is 0 Å². The molecular formula is C23H27Cl2NO2. The van der Waals surface area contributed by atoms with Crippen molar-refractivity contribution in [3.05, 3.63) is 69.2 Å². The zero-order chi connectivity index (χ0) is 20.3. The van der Waals surface area contributed by atoms with Crippen LogP contribution in [0.25, 0.3) is 6.08 Å². The molecule has 0 saturated heterocycles. The van der Waals surface area contributed by atoms with Gasteiger partial charge in [-0.3, -0.25) is 0 Å². The van der Waals surface area contributed by atoms with E-state index in [1.807, 2.05) is 50.5 Å². The van der Waals surface area contributed by atoms with E-state index in [1.54, 1.807) is 13.2 Å². The minimum absolute atomic E-state index is 0.0247. The van der Waals surface area contributed by atoms with Crippen molar-refractivity contribution in [3.8, 4) is 5.75 Å². The number of nitrogens with zero attached hydrogens (tertiary/aromatic N) is 1. The maximum absolute atomic E-state index is 12.1. The van der Waals surface area contributed by atoms with Gasteiger partial charge in [-0.15, -0.1) is 0 Å². The molecule has 1 aliphatic carbocycles. The van der Waals surface area contributed by atoms with Gasteiger partial charge in [0.25, 0.3) is 0 Å². The maximum Gasteiger partial charge on any atom is 0.118 e. The fourth-order valence-electron chi connectivity index (χ4n) is 4.14. The SMILES string of the molecule is COc1ccc(C=C2CCCC(CN(C)C)C2(O)c2cccc(Cl)c2Cl)cc1. The molecule has 150 valence electrons. The Hall–Kier alpha value is -1.52. The van der Waals surface area contributed by atoms with Crippen LogP contribution in [0.2, 0.25) is 10.0 Å². The number of hydrogen-bond acceptors (Lipinski definition) is 3. The van der Waals surface area contributed by atoms with Crippen molar-refractivity contribution in [2.45, 2.75) is 24.9 Å². The number of ether oxygens (including phenoxy) is 1. The summed E-state index contributed by atoms with van der Waals surface area (Å²) in [5, 5.41) is 13.0. The summed E-state index contributed by atoms with van der Waals surface area (Å²) in [4.78, 5) is 2.12. The van der Waals surface area contributed by atoms with Crippen molar-refractivity contribution in [3.63, 3.8) is 0 Å². The molecule has 0 radical (unpaired) electrons. The van der Waals surface area contributed by atoms with Gasteiger partial charge in [0.2, 0.25) is 0 Å². The van der Waals surface area contributed by atoms with E-state index in [-0.39, 0.29) is 5.92 Å². The molecular weight excluding hydrogens is 393 g/mol. The first kappa shape index (κ1) is 21.2. The van der Waals surface area contributed by atoms with Crippen molar-refractivity contribution in [2.24, 2.45) is 5.92 Å². The van der Waals surface area contributed by atoms with Crippen LogP contribution in [0.1, 0.15) is 30.4 Å². The Labute approximate surface area is 177 Å². The molecule has 2 aromatic rings. The third-order valence-electron chi connectivity index (χ3n) is 5.48. The highest BCUT2D eigenvalue weighted by molar-refractivity contribution is 6.42. The van der Waals surface area contributed by atoms with Crippen molar-refractivity contribution in [1.82, 2.24) is 4.90 Å². The minimum atomic E-state index is -1.16. The molecule has 2 aromatic carbocycles. The highest BCUT2D eigenvalue weighted by Crippen LogP contribution is 2.49. The summed E-state index contributed by atoms with van der Waals surface area (Å²) < 4.78 is 5.25. The monoisotopic (exact) mass is 419 g/mol. The molecule has 1 saturated carbocycles. The summed E-state index contributed by atoms with van der Waals surface area (Å²) in [5.74, 6) is 0.834. The van der Waals surface area contributed by atoms with E-state index in [0.717, 1.165) is 42.7 Å². The minimum Gasteiger partial charge on any atom is -0.497 e. The summed E-state index contributed by atoms with van der Waals surface area (Å²) in [6.07, 6.45) is 4.85. The lowest BCUT2D eigenvalue weighted by molar-refractivity contribution is -0.0173. The van der Waals surface area contributed by atoms with Gasteiger partial charge in [-0.1, -0.05) is 53.5 Å². The molecule has 5 heteroatoms. The van der Waals surface area contributed by atoms with Crippen molar-refractivity contribution in [2.75, 3.05) is 27.7 Å². The smallest absolute Gasteiger partial charge is 0.118 e. The molecule has 0 bridgehead atoms. The van der Waals surface area contributed by atoms with Crippen molar-refractivity contribution < 1.29 is 9.84 Å². The summed E-state index contributed by atoms with van der Waals surface area (Å²) >= 11 is 12.9. The van der Waals surface area contributed by atoms with Crippen LogP contribution in [0.5, 0.6) is 5.75 Å². The predicted molar refractivity (Wildman–Crippen MR) is 117 cm³/mol. The number of rotatable bonds is 5. The number of aliphatic hydroxyl groups is 1. The molecule has 2 atom stereocenters. The van der Waals surface area contributed by atoms with E-state index in [1.165, 1.54) is 0 Å². The van der Waals surface area contributed by atoms with Gasteiger partial charge in [0.05, 0.1) is 17.2 Å². The molecule has 0 amide bonds. The lowest BCUT2D eigenvalue weighted by atomic mass is 9.67. The van der Waals surface area contributed by atoms with Gasteiger partial charge in [-0.05, 0) is 62.7 Å². The average Bonchev–Trinajstić information content (AvgIpc) is 2.67. The number of benzene rings is 2.